The van der Waals surface area contributed by atoms with E-state index in [0.717, 1.165) is 17.3 Å². The van der Waals surface area contributed by atoms with Crippen molar-refractivity contribution in [1.29, 1.82) is 0 Å². The van der Waals surface area contributed by atoms with Crippen LogP contribution in [0.4, 0.5) is 4.39 Å². The number of thiocarbonyl (C=S) groups is 1. The molecular formula is C26H18FN3O4S2. The molecule has 5 rings (SSSR count). The highest BCUT2D eigenvalue weighted by molar-refractivity contribution is 8.26. The fourth-order valence-corrected chi connectivity index (χ4v) is 4.83. The number of para-hydroxylation sites is 1. The average Bonchev–Trinajstić information content (AvgIpc) is 3.15. The van der Waals surface area contributed by atoms with Gasteiger partial charge >= 0.3 is 0 Å². The molecule has 180 valence electrons. The second kappa shape index (κ2) is 9.92. The third kappa shape index (κ3) is 4.60. The summed E-state index contributed by atoms with van der Waals surface area (Å²) in [7, 11) is 1.58. The number of halogens is 1. The van der Waals surface area contributed by atoms with Crippen LogP contribution in [0.15, 0.2) is 82.6 Å². The Morgan fingerprint density at radius 3 is 2.56 bits per heavy atom. The van der Waals surface area contributed by atoms with Crippen LogP contribution in [0.2, 0.25) is 0 Å². The molecule has 1 aliphatic heterocycles. The topological polar surface area (TPSA) is 73.1 Å². The van der Waals surface area contributed by atoms with E-state index in [0.29, 0.717) is 15.7 Å². The Morgan fingerprint density at radius 2 is 1.81 bits per heavy atom. The Morgan fingerprint density at radius 1 is 1.06 bits per heavy atom. The van der Waals surface area contributed by atoms with Gasteiger partial charge in [-0.2, -0.15) is 4.98 Å². The highest BCUT2D eigenvalue weighted by Crippen LogP contribution is 2.35. The number of carbonyl (C=O) groups excluding carboxylic acids is 1. The number of carbonyl (C=O) groups is 1. The van der Waals surface area contributed by atoms with Gasteiger partial charge in [0.2, 0.25) is 5.88 Å². The number of benzene rings is 2. The maximum atomic E-state index is 14.3. The normalized spacial score (nSPS) is 14.6. The lowest BCUT2D eigenvalue weighted by molar-refractivity contribution is -0.122. The second-order valence-electron chi connectivity index (χ2n) is 7.71. The summed E-state index contributed by atoms with van der Waals surface area (Å²) in [6, 6.07) is 18.2. The number of pyridine rings is 1. The first-order valence-electron chi connectivity index (χ1n) is 10.8. The zero-order chi connectivity index (χ0) is 25.2. The molecule has 3 heterocycles. The average molecular weight is 520 g/mol. The predicted octanol–water partition coefficient (Wildman–Crippen LogP) is 5.04. The molecule has 0 radical (unpaired) electrons. The van der Waals surface area contributed by atoms with E-state index in [9.17, 15) is 14.0 Å². The molecule has 7 nitrogen and oxygen atoms in total. The van der Waals surface area contributed by atoms with E-state index in [-0.39, 0.29) is 34.6 Å². The molecule has 1 saturated heterocycles. The molecule has 0 atom stereocenters. The van der Waals surface area contributed by atoms with Crippen LogP contribution < -0.4 is 15.0 Å². The summed E-state index contributed by atoms with van der Waals surface area (Å²) in [6.45, 7) is 0.263. The highest BCUT2D eigenvalue weighted by atomic mass is 32.2. The number of hydrogen-bond donors (Lipinski definition) is 0. The van der Waals surface area contributed by atoms with Gasteiger partial charge in [-0.15, -0.1) is 0 Å². The van der Waals surface area contributed by atoms with Gasteiger partial charge in [-0.05, 0) is 48.0 Å². The molecule has 0 N–H and O–H groups in total. The summed E-state index contributed by atoms with van der Waals surface area (Å²) in [5.74, 6) is -0.460. The van der Waals surface area contributed by atoms with Gasteiger partial charge < -0.3 is 9.47 Å². The maximum absolute atomic E-state index is 14.3. The van der Waals surface area contributed by atoms with Crippen molar-refractivity contribution in [3.63, 3.8) is 0 Å². The van der Waals surface area contributed by atoms with E-state index >= 15 is 0 Å². The van der Waals surface area contributed by atoms with E-state index in [4.69, 9.17) is 21.7 Å². The lowest BCUT2D eigenvalue weighted by atomic mass is 10.2. The molecule has 1 fully saturated rings. The minimum Gasteiger partial charge on any atom is -0.497 e. The van der Waals surface area contributed by atoms with Crippen LogP contribution in [-0.2, 0) is 11.3 Å². The lowest BCUT2D eigenvalue weighted by Crippen LogP contribution is -2.27. The van der Waals surface area contributed by atoms with Gasteiger partial charge in [0.05, 0.1) is 18.6 Å². The number of rotatable bonds is 6. The first-order valence-corrected chi connectivity index (χ1v) is 12.0. The van der Waals surface area contributed by atoms with Crippen LogP contribution in [0, 0.1) is 5.82 Å². The van der Waals surface area contributed by atoms with E-state index in [2.05, 4.69) is 4.98 Å². The van der Waals surface area contributed by atoms with Crippen molar-refractivity contribution < 1.29 is 18.7 Å². The van der Waals surface area contributed by atoms with E-state index < -0.39 is 11.4 Å². The molecule has 2 aromatic heterocycles. The molecule has 0 aliphatic carbocycles. The number of aromatic nitrogens is 2. The molecular weight excluding hydrogens is 501 g/mol. The fraction of sp³-hybridized carbons (Fsp3) is 0.0769. The van der Waals surface area contributed by atoms with Crippen molar-refractivity contribution >= 4 is 45.9 Å². The van der Waals surface area contributed by atoms with Gasteiger partial charge in [-0.1, -0.05) is 54.3 Å². The number of fused-ring (bicyclic) bond motifs is 1. The van der Waals surface area contributed by atoms with Crippen LogP contribution in [0.3, 0.4) is 0 Å². The standard InChI is InChI=1S/C26H18FN3O4S2/c1-33-17-11-9-16(10-12-17)15-30-25(32)21(36-26(30)35)14-18-23(34-20-7-3-2-6-19(20)27)28-22-8-4-5-13-29(22)24(18)31/h2-14H,15H2,1H3/b21-14+. The third-order valence-corrected chi connectivity index (χ3v) is 6.80. The van der Waals surface area contributed by atoms with Gasteiger partial charge in [0.1, 0.15) is 21.3 Å². The maximum Gasteiger partial charge on any atom is 0.269 e. The van der Waals surface area contributed by atoms with Crippen molar-refractivity contribution in [3.8, 4) is 17.4 Å². The molecule has 0 spiro atoms. The zero-order valence-electron chi connectivity index (χ0n) is 18.9. The summed E-state index contributed by atoms with van der Waals surface area (Å²) < 4.78 is 26.9. The summed E-state index contributed by atoms with van der Waals surface area (Å²) in [6.07, 6.45) is 2.96. The van der Waals surface area contributed by atoms with Crippen LogP contribution in [0.5, 0.6) is 17.4 Å². The molecule has 0 unspecified atom stereocenters. The monoisotopic (exact) mass is 519 g/mol. The van der Waals surface area contributed by atoms with Crippen molar-refractivity contribution in [2.24, 2.45) is 0 Å². The lowest BCUT2D eigenvalue weighted by Gasteiger charge is -2.14. The Hall–Kier alpha value is -4.02. The molecule has 4 aromatic rings. The third-order valence-electron chi connectivity index (χ3n) is 5.43. The summed E-state index contributed by atoms with van der Waals surface area (Å²) in [5, 5.41) is 0. The minimum atomic E-state index is -0.607. The van der Waals surface area contributed by atoms with E-state index in [1.807, 2.05) is 12.1 Å². The molecule has 1 amide bonds. The largest absolute Gasteiger partial charge is 0.497 e. The number of methoxy groups -OCH3 is 1. The number of ether oxygens (including phenoxy) is 2. The van der Waals surface area contributed by atoms with Crippen LogP contribution >= 0.6 is 24.0 Å². The number of thioether (sulfide) groups is 1. The Balaban J connectivity index is 1.53. The van der Waals surface area contributed by atoms with Gasteiger partial charge in [0.15, 0.2) is 11.6 Å². The predicted molar refractivity (Wildman–Crippen MR) is 140 cm³/mol. The summed E-state index contributed by atoms with van der Waals surface area (Å²) >= 11 is 6.52. The number of hydrogen-bond acceptors (Lipinski definition) is 7. The second-order valence-corrected chi connectivity index (χ2v) is 9.39. The Kier molecular flexibility index (Phi) is 6.53. The van der Waals surface area contributed by atoms with Gasteiger partial charge in [0.25, 0.3) is 11.5 Å². The zero-order valence-corrected chi connectivity index (χ0v) is 20.5. The van der Waals surface area contributed by atoms with E-state index in [1.165, 1.54) is 33.6 Å². The van der Waals surface area contributed by atoms with Crippen molar-refractivity contribution in [2.75, 3.05) is 7.11 Å². The van der Waals surface area contributed by atoms with Gasteiger partial charge in [0, 0.05) is 6.20 Å². The van der Waals surface area contributed by atoms with Crippen molar-refractivity contribution in [1.82, 2.24) is 14.3 Å². The quantitative estimate of drug-likeness (QED) is 0.261. The van der Waals surface area contributed by atoms with Gasteiger partial charge in [-0.25, -0.2) is 4.39 Å². The summed E-state index contributed by atoms with van der Waals surface area (Å²) in [5.41, 5.74) is 0.724. The summed E-state index contributed by atoms with van der Waals surface area (Å²) in [4.78, 5) is 32.7. The molecule has 36 heavy (non-hydrogen) atoms. The van der Waals surface area contributed by atoms with Crippen LogP contribution in [0.25, 0.3) is 11.7 Å². The first-order chi connectivity index (χ1) is 17.4. The van der Waals surface area contributed by atoms with Crippen LogP contribution in [0.1, 0.15) is 11.1 Å². The van der Waals surface area contributed by atoms with Crippen LogP contribution in [-0.4, -0.2) is 31.6 Å². The molecule has 2 aromatic carbocycles. The minimum absolute atomic E-state index is 0.00639. The smallest absolute Gasteiger partial charge is 0.269 e. The highest BCUT2D eigenvalue weighted by Gasteiger charge is 2.33. The van der Waals surface area contributed by atoms with Gasteiger partial charge in [-0.3, -0.25) is 18.9 Å². The first kappa shape index (κ1) is 23.7. The van der Waals surface area contributed by atoms with Crippen molar-refractivity contribution in [3.05, 3.63) is 105 Å². The molecule has 1 aliphatic rings. The molecule has 0 saturated carbocycles. The Labute approximate surface area is 214 Å². The number of amides is 1. The van der Waals surface area contributed by atoms with Crippen molar-refractivity contribution in [2.45, 2.75) is 6.54 Å². The number of nitrogens with zero attached hydrogens (tertiary/aromatic N) is 3. The molecule has 10 heteroatoms. The SMILES string of the molecule is COc1ccc(CN2C(=O)/C(=C\c3c(Oc4ccccc4F)nc4ccccn4c3=O)SC2=S)cc1. The Bertz CT molecular complexity index is 1580. The molecule has 0 bridgehead atoms. The van der Waals surface area contributed by atoms with E-state index in [1.54, 1.807) is 49.7 Å². The fourth-order valence-electron chi connectivity index (χ4n) is 3.60.